The number of hydrogen-bond acceptors (Lipinski definition) is 4. The molecule has 0 saturated carbocycles. The van der Waals surface area contributed by atoms with Gasteiger partial charge in [-0.2, -0.15) is 0 Å². The number of carbonyl (C=O) groups is 1. The molecule has 1 unspecified atom stereocenters. The summed E-state index contributed by atoms with van der Waals surface area (Å²) in [6, 6.07) is 6.16. The van der Waals surface area contributed by atoms with Crippen LogP contribution in [0, 0.1) is 0 Å². The molecule has 104 valence electrons. The van der Waals surface area contributed by atoms with Crippen molar-refractivity contribution < 1.29 is 14.3 Å². The van der Waals surface area contributed by atoms with E-state index in [-0.39, 0.29) is 12.7 Å². The molecule has 2 atom stereocenters. The number of nitrogens with two attached hydrogens (primary N) is 1. The van der Waals surface area contributed by atoms with Crippen LogP contribution in [0.1, 0.15) is 30.9 Å². The van der Waals surface area contributed by atoms with Gasteiger partial charge in [-0.25, -0.2) is 4.79 Å². The van der Waals surface area contributed by atoms with Crippen LogP contribution in [0.2, 0.25) is 5.02 Å². The summed E-state index contributed by atoms with van der Waals surface area (Å²) in [6.07, 6.45) is 3.10. The summed E-state index contributed by atoms with van der Waals surface area (Å²) in [7, 11) is 0. The topological polar surface area (TPSA) is 61.6 Å². The first-order valence-electron chi connectivity index (χ1n) is 6.46. The highest BCUT2D eigenvalue weighted by atomic mass is 35.5. The van der Waals surface area contributed by atoms with E-state index in [2.05, 4.69) is 0 Å². The predicted molar refractivity (Wildman–Crippen MR) is 72.9 cm³/mol. The second-order valence-corrected chi connectivity index (χ2v) is 5.03. The van der Waals surface area contributed by atoms with Crippen LogP contribution in [-0.2, 0) is 14.3 Å². The monoisotopic (exact) mass is 283 g/mol. The molecule has 2 N–H and O–H groups in total. The Morgan fingerprint density at radius 2 is 2.26 bits per heavy atom. The number of ether oxygens (including phenoxy) is 2. The van der Waals surface area contributed by atoms with Crippen molar-refractivity contribution in [1.82, 2.24) is 0 Å². The zero-order chi connectivity index (χ0) is 13.7. The summed E-state index contributed by atoms with van der Waals surface area (Å²) in [5.74, 6) is -0.470. The van der Waals surface area contributed by atoms with Crippen molar-refractivity contribution in [3.8, 4) is 0 Å². The molecular formula is C14H18ClNO3. The van der Waals surface area contributed by atoms with Crippen molar-refractivity contribution in [1.29, 1.82) is 0 Å². The van der Waals surface area contributed by atoms with Crippen molar-refractivity contribution in [3.05, 3.63) is 34.9 Å². The minimum atomic E-state index is -0.850. The average Bonchev–Trinajstić information content (AvgIpc) is 2.45. The molecule has 0 radical (unpaired) electrons. The Labute approximate surface area is 117 Å². The van der Waals surface area contributed by atoms with Gasteiger partial charge in [0.25, 0.3) is 0 Å². The van der Waals surface area contributed by atoms with Crippen LogP contribution in [0.25, 0.3) is 0 Å². The van der Waals surface area contributed by atoms with Crippen LogP contribution in [-0.4, -0.2) is 25.3 Å². The van der Waals surface area contributed by atoms with Crippen LogP contribution < -0.4 is 5.73 Å². The molecule has 4 nitrogen and oxygen atoms in total. The maximum atomic E-state index is 11.9. The smallest absolute Gasteiger partial charge is 0.327 e. The van der Waals surface area contributed by atoms with Crippen molar-refractivity contribution in [2.75, 3.05) is 13.2 Å². The van der Waals surface area contributed by atoms with Crippen molar-refractivity contribution in [2.45, 2.75) is 31.4 Å². The van der Waals surface area contributed by atoms with Crippen molar-refractivity contribution in [2.24, 2.45) is 5.73 Å². The molecule has 1 aromatic rings. The Morgan fingerprint density at radius 1 is 1.47 bits per heavy atom. The van der Waals surface area contributed by atoms with Crippen LogP contribution in [0.3, 0.4) is 0 Å². The zero-order valence-corrected chi connectivity index (χ0v) is 11.4. The van der Waals surface area contributed by atoms with Crippen molar-refractivity contribution in [3.63, 3.8) is 0 Å². The van der Waals surface area contributed by atoms with Gasteiger partial charge < -0.3 is 15.2 Å². The number of esters is 1. The highest BCUT2D eigenvalue weighted by Crippen LogP contribution is 2.22. The predicted octanol–water partition coefficient (Wildman–Crippen LogP) is 2.45. The molecule has 1 aliphatic heterocycles. The number of halogens is 1. The second kappa shape index (κ2) is 6.89. The molecule has 1 heterocycles. The zero-order valence-electron chi connectivity index (χ0n) is 10.7. The van der Waals surface area contributed by atoms with E-state index in [1.54, 1.807) is 24.3 Å². The minimum absolute atomic E-state index is 0.00357. The van der Waals surface area contributed by atoms with Crippen LogP contribution >= 0.6 is 11.6 Å². The number of benzene rings is 1. The lowest BCUT2D eigenvalue weighted by Gasteiger charge is -2.23. The minimum Gasteiger partial charge on any atom is -0.462 e. The third-order valence-corrected chi connectivity index (χ3v) is 3.52. The first kappa shape index (κ1) is 14.3. The van der Waals surface area contributed by atoms with Gasteiger partial charge in [-0.05, 0) is 30.9 Å². The first-order chi connectivity index (χ1) is 9.18. The fourth-order valence-corrected chi connectivity index (χ4v) is 2.31. The van der Waals surface area contributed by atoms with Gasteiger partial charge in [-0.1, -0.05) is 29.8 Å². The van der Waals surface area contributed by atoms with Gasteiger partial charge in [-0.3, -0.25) is 0 Å². The molecule has 19 heavy (non-hydrogen) atoms. The maximum absolute atomic E-state index is 11.9. The summed E-state index contributed by atoms with van der Waals surface area (Å²) >= 11 is 6.00. The van der Waals surface area contributed by atoms with E-state index in [4.69, 9.17) is 26.8 Å². The quantitative estimate of drug-likeness (QED) is 0.862. The molecule has 5 heteroatoms. The Bertz CT molecular complexity index is 432. The van der Waals surface area contributed by atoms with Gasteiger partial charge >= 0.3 is 5.97 Å². The molecule has 1 aliphatic rings. The molecular weight excluding hydrogens is 266 g/mol. The van der Waals surface area contributed by atoms with E-state index >= 15 is 0 Å². The molecule has 0 spiro atoms. The summed E-state index contributed by atoms with van der Waals surface area (Å²) in [6.45, 7) is 0.996. The summed E-state index contributed by atoms with van der Waals surface area (Å²) < 4.78 is 10.7. The third kappa shape index (κ3) is 3.93. The molecule has 0 amide bonds. The second-order valence-electron chi connectivity index (χ2n) is 4.62. The normalized spacial score (nSPS) is 20.8. The number of rotatable bonds is 4. The number of hydrogen-bond donors (Lipinski definition) is 1. The lowest BCUT2D eigenvalue weighted by Crippen LogP contribution is -2.30. The maximum Gasteiger partial charge on any atom is 0.327 e. The highest BCUT2D eigenvalue weighted by Gasteiger charge is 2.22. The van der Waals surface area contributed by atoms with Crippen molar-refractivity contribution >= 4 is 17.6 Å². The molecule has 0 aromatic heterocycles. The lowest BCUT2D eigenvalue weighted by molar-refractivity contribution is -0.150. The van der Waals surface area contributed by atoms with E-state index in [0.717, 1.165) is 25.9 Å². The van der Waals surface area contributed by atoms with Gasteiger partial charge in [0.2, 0.25) is 0 Å². The van der Waals surface area contributed by atoms with E-state index < -0.39 is 12.0 Å². The summed E-state index contributed by atoms with van der Waals surface area (Å²) in [5.41, 5.74) is 6.44. The standard InChI is InChI=1S/C14H18ClNO3/c15-12-7-2-1-6-11(12)13(16)14(17)19-9-10-5-3-4-8-18-10/h1-2,6-7,10,13H,3-5,8-9,16H2/t10?,13-/m1/s1. The van der Waals surface area contributed by atoms with E-state index in [1.807, 2.05) is 0 Å². The van der Waals surface area contributed by atoms with Gasteiger partial charge in [-0.15, -0.1) is 0 Å². The Balaban J connectivity index is 1.87. The largest absolute Gasteiger partial charge is 0.462 e. The van der Waals surface area contributed by atoms with Gasteiger partial charge in [0.1, 0.15) is 12.6 Å². The highest BCUT2D eigenvalue weighted by molar-refractivity contribution is 6.31. The average molecular weight is 284 g/mol. The Kier molecular flexibility index (Phi) is 5.19. The Hall–Kier alpha value is -1.10. The molecule has 2 rings (SSSR count). The first-order valence-corrected chi connectivity index (χ1v) is 6.84. The fourth-order valence-electron chi connectivity index (χ4n) is 2.06. The van der Waals surface area contributed by atoms with E-state index in [9.17, 15) is 4.79 Å². The van der Waals surface area contributed by atoms with Crippen LogP contribution in [0.4, 0.5) is 0 Å². The van der Waals surface area contributed by atoms with Crippen LogP contribution in [0.5, 0.6) is 0 Å². The number of carbonyl (C=O) groups excluding carboxylic acids is 1. The summed E-state index contributed by atoms with van der Waals surface area (Å²) in [5, 5.41) is 0.473. The Morgan fingerprint density at radius 3 is 2.95 bits per heavy atom. The summed E-state index contributed by atoms with van der Waals surface area (Å²) in [4.78, 5) is 11.9. The molecule has 1 fully saturated rings. The fraction of sp³-hybridized carbons (Fsp3) is 0.500. The molecule has 1 aromatic carbocycles. The van der Waals surface area contributed by atoms with Gasteiger partial charge in [0, 0.05) is 11.6 Å². The lowest BCUT2D eigenvalue weighted by atomic mass is 10.1. The van der Waals surface area contributed by atoms with Crippen LogP contribution in [0.15, 0.2) is 24.3 Å². The van der Waals surface area contributed by atoms with E-state index in [1.165, 1.54) is 0 Å². The third-order valence-electron chi connectivity index (χ3n) is 3.18. The van der Waals surface area contributed by atoms with E-state index in [0.29, 0.717) is 10.6 Å². The molecule has 1 saturated heterocycles. The molecule has 0 aliphatic carbocycles. The SMILES string of the molecule is N[C@@H](C(=O)OCC1CCCCO1)c1ccccc1Cl. The van der Waals surface area contributed by atoms with Gasteiger partial charge in [0.15, 0.2) is 0 Å². The van der Waals surface area contributed by atoms with Gasteiger partial charge in [0.05, 0.1) is 6.10 Å². The molecule has 0 bridgehead atoms.